The quantitative estimate of drug-likeness (QED) is 0.173. The molecule has 4 aliphatic rings. The van der Waals surface area contributed by atoms with Crippen LogP contribution in [0.4, 0.5) is 34.1 Å². The zero-order valence-corrected chi connectivity index (χ0v) is 41.3. The third-order valence-electron chi connectivity index (χ3n) is 16.5. The van der Waals surface area contributed by atoms with Crippen molar-refractivity contribution in [3.05, 3.63) is 346 Å². The Morgan fingerprint density at radius 1 is 0.250 bits per heavy atom. The summed E-state index contributed by atoms with van der Waals surface area (Å²) >= 11 is 0. The first-order valence-corrected chi connectivity index (χ1v) is 26.0. The van der Waals surface area contributed by atoms with Gasteiger partial charge < -0.3 is 9.80 Å². The zero-order chi connectivity index (χ0) is 50.5. The van der Waals surface area contributed by atoms with Crippen molar-refractivity contribution in [2.24, 2.45) is 0 Å². The number of rotatable bonds is 2. The second-order valence-corrected chi connectivity index (χ2v) is 20.1. The fourth-order valence-electron chi connectivity index (χ4n) is 13.5. The number of anilines is 6. The summed E-state index contributed by atoms with van der Waals surface area (Å²) in [7, 11) is 0. The maximum Gasteiger partial charge on any atom is 0.194 e. The molecule has 0 radical (unpaired) electrons. The van der Waals surface area contributed by atoms with E-state index in [4.69, 9.17) is 0 Å². The van der Waals surface area contributed by atoms with E-state index in [0.717, 1.165) is 100 Å². The molecule has 76 heavy (non-hydrogen) atoms. The van der Waals surface area contributed by atoms with Gasteiger partial charge in [-0.15, -0.1) is 0 Å². The molecule has 0 fully saturated rings. The summed E-state index contributed by atoms with van der Waals surface area (Å²) in [5, 5.41) is 4.30. The van der Waals surface area contributed by atoms with Crippen LogP contribution in [-0.2, 0) is 10.8 Å². The molecule has 0 atom stereocenters. The summed E-state index contributed by atoms with van der Waals surface area (Å²) < 4.78 is 0. The molecule has 0 amide bonds. The predicted octanol–water partition coefficient (Wildman–Crippen LogP) is 17.1. The van der Waals surface area contributed by atoms with Gasteiger partial charge in [-0.25, -0.2) is 0 Å². The summed E-state index contributed by atoms with van der Waals surface area (Å²) in [5.41, 5.74) is 17.5. The number of benzene rings is 12. The van der Waals surface area contributed by atoms with Gasteiger partial charge in [0.15, 0.2) is 11.6 Å². The first kappa shape index (κ1) is 43.7. The standard InChI is InChI=1S/2C36H23NO/c38-35-27-16-6-7-17-29(27)36(32-23-25-13-5-4-12-24(25)22-28(32)35)30-18-8-10-20-33(30)37(26-14-2-1-3-15-26)34-21-11-9-19-31(34)36;38-35-27-16-6-7-17-28(27)36(31-23-22-24-12-4-5-15-26(24)34(31)35)29-18-8-10-20-32(29)37(25-13-2-1-3-14-25)33-21-11-9-19-30(33)36/h2*1-23H. The molecule has 4 heteroatoms. The van der Waals surface area contributed by atoms with Crippen molar-refractivity contribution >= 4 is 67.2 Å². The van der Waals surface area contributed by atoms with Crippen LogP contribution in [-0.4, -0.2) is 11.6 Å². The highest BCUT2D eigenvalue weighted by Gasteiger charge is 2.53. The molecule has 2 aliphatic carbocycles. The highest BCUT2D eigenvalue weighted by Crippen LogP contribution is 2.62. The molecule has 2 aliphatic heterocycles. The average Bonchev–Trinajstić information content (AvgIpc) is 3.67. The molecule has 12 aromatic carbocycles. The minimum Gasteiger partial charge on any atom is -0.310 e. The molecular formula is C72H46N2O2. The lowest BCUT2D eigenvalue weighted by molar-refractivity contribution is 0.102. The van der Waals surface area contributed by atoms with Crippen LogP contribution in [0, 0.1) is 0 Å². The van der Waals surface area contributed by atoms with Gasteiger partial charge in [0.05, 0.1) is 33.6 Å². The van der Waals surface area contributed by atoms with Gasteiger partial charge in [-0.2, -0.15) is 0 Å². The van der Waals surface area contributed by atoms with Crippen molar-refractivity contribution in [2.75, 3.05) is 9.80 Å². The minimum atomic E-state index is -0.637. The predicted molar refractivity (Wildman–Crippen MR) is 308 cm³/mol. The molecule has 12 aromatic rings. The number of carbonyl (C=O) groups excluding carboxylic acids is 2. The molecule has 2 heterocycles. The number of nitrogens with zero attached hydrogens (tertiary/aromatic N) is 2. The highest BCUT2D eigenvalue weighted by atomic mass is 16.1. The van der Waals surface area contributed by atoms with Gasteiger partial charge in [-0.1, -0.05) is 218 Å². The molecule has 2 spiro atoms. The molecule has 356 valence electrons. The Morgan fingerprint density at radius 3 is 1.12 bits per heavy atom. The summed E-state index contributed by atoms with van der Waals surface area (Å²) in [6.07, 6.45) is 0. The Labute approximate surface area is 441 Å². The number of ketones is 2. The van der Waals surface area contributed by atoms with Crippen molar-refractivity contribution in [3.63, 3.8) is 0 Å². The van der Waals surface area contributed by atoms with Crippen LogP contribution >= 0.6 is 0 Å². The van der Waals surface area contributed by atoms with E-state index in [1.165, 1.54) is 22.3 Å². The van der Waals surface area contributed by atoms with Gasteiger partial charge in [0.25, 0.3) is 0 Å². The van der Waals surface area contributed by atoms with Gasteiger partial charge in [-0.3, -0.25) is 9.59 Å². The van der Waals surface area contributed by atoms with Gasteiger partial charge >= 0.3 is 0 Å². The molecule has 0 bridgehead atoms. The fraction of sp³-hybridized carbons (Fsp3) is 0.0278. The SMILES string of the molecule is O=C1c2ccccc2C2(c3cc4ccccc4cc31)c1ccccc1N(c1ccccc1)c1ccccc12.O=C1c2ccccc2C2(c3ccccc3N(c3ccccc3)c3ccccc32)c2ccc3ccccc3c21. The van der Waals surface area contributed by atoms with Crippen LogP contribution in [0.25, 0.3) is 21.5 Å². The van der Waals surface area contributed by atoms with Crippen LogP contribution in [0.2, 0.25) is 0 Å². The molecular weight excluding hydrogens is 925 g/mol. The average molecular weight is 971 g/mol. The maximum atomic E-state index is 14.2. The first-order chi connectivity index (χ1) is 37.6. The van der Waals surface area contributed by atoms with Gasteiger partial charge in [0.1, 0.15) is 0 Å². The van der Waals surface area contributed by atoms with Crippen LogP contribution in [0.15, 0.2) is 279 Å². The summed E-state index contributed by atoms with van der Waals surface area (Å²) in [5.74, 6) is 0.186. The molecule has 0 aromatic heterocycles. The lowest BCUT2D eigenvalue weighted by atomic mass is 9.57. The van der Waals surface area contributed by atoms with E-state index in [1.807, 2.05) is 42.5 Å². The monoisotopic (exact) mass is 970 g/mol. The maximum absolute atomic E-state index is 14.2. The molecule has 0 N–H and O–H groups in total. The largest absolute Gasteiger partial charge is 0.310 e. The topological polar surface area (TPSA) is 40.6 Å². The zero-order valence-electron chi connectivity index (χ0n) is 41.3. The second kappa shape index (κ2) is 16.8. The first-order valence-electron chi connectivity index (χ1n) is 26.0. The summed E-state index contributed by atoms with van der Waals surface area (Å²) in [4.78, 5) is 33.0. The second-order valence-electron chi connectivity index (χ2n) is 20.1. The van der Waals surface area contributed by atoms with E-state index in [1.54, 1.807) is 0 Å². The molecule has 4 nitrogen and oxygen atoms in total. The molecule has 0 unspecified atom stereocenters. The number of hydrogen-bond acceptors (Lipinski definition) is 4. The Bertz CT molecular complexity index is 4120. The lowest BCUT2D eigenvalue weighted by Gasteiger charge is -2.49. The smallest absolute Gasteiger partial charge is 0.194 e. The Balaban J connectivity index is 0.000000133. The third kappa shape index (κ3) is 5.95. The van der Waals surface area contributed by atoms with Crippen LogP contribution in [0.3, 0.4) is 0 Å². The van der Waals surface area contributed by atoms with Crippen molar-refractivity contribution in [3.8, 4) is 0 Å². The number of carbonyl (C=O) groups is 2. The van der Waals surface area contributed by atoms with E-state index in [2.05, 4.69) is 246 Å². The Morgan fingerprint density at radius 2 is 0.618 bits per heavy atom. The lowest BCUT2D eigenvalue weighted by Crippen LogP contribution is -2.42. The van der Waals surface area contributed by atoms with Gasteiger partial charge in [0.2, 0.25) is 0 Å². The molecule has 0 saturated heterocycles. The van der Waals surface area contributed by atoms with Gasteiger partial charge in [0, 0.05) is 33.6 Å². The van der Waals surface area contributed by atoms with E-state index in [-0.39, 0.29) is 11.6 Å². The van der Waals surface area contributed by atoms with Gasteiger partial charge in [-0.05, 0) is 127 Å². The Hall–Kier alpha value is -9.90. The normalized spacial score (nSPS) is 14.5. The van der Waals surface area contributed by atoms with E-state index in [0.29, 0.717) is 0 Å². The fourth-order valence-corrected chi connectivity index (χ4v) is 13.5. The molecule has 0 saturated carbocycles. The molecule has 16 rings (SSSR count). The van der Waals surface area contributed by atoms with E-state index < -0.39 is 10.8 Å². The van der Waals surface area contributed by atoms with Crippen LogP contribution < -0.4 is 9.80 Å². The van der Waals surface area contributed by atoms with E-state index >= 15 is 0 Å². The Kier molecular flexibility index (Phi) is 9.66. The minimum absolute atomic E-state index is 0.0902. The van der Waals surface area contributed by atoms with Crippen molar-refractivity contribution in [2.45, 2.75) is 10.8 Å². The van der Waals surface area contributed by atoms with Crippen molar-refractivity contribution in [1.29, 1.82) is 0 Å². The number of hydrogen-bond donors (Lipinski definition) is 0. The highest BCUT2D eigenvalue weighted by molar-refractivity contribution is 6.21. The summed E-state index contributed by atoms with van der Waals surface area (Å²) in [6.45, 7) is 0. The van der Waals surface area contributed by atoms with Crippen molar-refractivity contribution < 1.29 is 9.59 Å². The summed E-state index contributed by atoms with van der Waals surface area (Å²) in [6, 6.07) is 97.5. The van der Waals surface area contributed by atoms with E-state index in [9.17, 15) is 9.59 Å². The van der Waals surface area contributed by atoms with Crippen LogP contribution in [0.5, 0.6) is 0 Å². The third-order valence-corrected chi connectivity index (χ3v) is 16.5. The van der Waals surface area contributed by atoms with Crippen LogP contribution in [0.1, 0.15) is 76.4 Å². The van der Waals surface area contributed by atoms with Crippen molar-refractivity contribution in [1.82, 2.24) is 0 Å². The number of para-hydroxylation sites is 6. The number of fused-ring (bicyclic) bond motifs is 19.